The molecule has 1 rings (SSSR count). The first-order chi connectivity index (χ1) is 11.7. The molecular weight excluding hydrogens is 302 g/mol. The van der Waals surface area contributed by atoms with Crippen molar-refractivity contribution in [3.63, 3.8) is 0 Å². The number of carbonyl (C=O) groups is 2. The maximum atomic E-state index is 12.5. The zero-order valence-electron chi connectivity index (χ0n) is 15.5. The Morgan fingerprint density at radius 1 is 1.04 bits per heavy atom. The number of unbranched alkanes of at least 4 members (excludes halogenated alkanes) is 6. The first kappa shape index (κ1) is 20.9. The van der Waals surface area contributed by atoms with Gasteiger partial charge < -0.3 is 16.0 Å². The van der Waals surface area contributed by atoms with Crippen molar-refractivity contribution in [2.24, 2.45) is 5.73 Å². The quantitative estimate of drug-likeness (QED) is 0.537. The predicted octanol–water partition coefficient (Wildman–Crippen LogP) is 2.97. The van der Waals surface area contributed by atoms with Gasteiger partial charge in [-0.25, -0.2) is 0 Å². The van der Waals surface area contributed by atoms with E-state index in [1.807, 2.05) is 4.90 Å². The van der Waals surface area contributed by atoms with Gasteiger partial charge in [0, 0.05) is 19.5 Å². The second-order valence-electron chi connectivity index (χ2n) is 6.90. The summed E-state index contributed by atoms with van der Waals surface area (Å²) in [6, 6.07) is -0.253. The Morgan fingerprint density at radius 2 is 1.79 bits per heavy atom. The minimum atomic E-state index is -0.253. The Hall–Kier alpha value is -1.10. The van der Waals surface area contributed by atoms with Gasteiger partial charge >= 0.3 is 0 Å². The van der Waals surface area contributed by atoms with Crippen LogP contribution in [0.15, 0.2) is 0 Å². The van der Waals surface area contributed by atoms with E-state index < -0.39 is 0 Å². The average molecular weight is 340 g/mol. The minimum Gasteiger partial charge on any atom is -0.354 e. The van der Waals surface area contributed by atoms with Gasteiger partial charge in [0.15, 0.2) is 0 Å². The smallest absolute Gasteiger partial charge is 0.242 e. The van der Waals surface area contributed by atoms with E-state index in [9.17, 15) is 9.59 Å². The van der Waals surface area contributed by atoms with E-state index in [2.05, 4.69) is 12.2 Å². The molecule has 1 unspecified atom stereocenters. The van der Waals surface area contributed by atoms with E-state index in [0.717, 1.165) is 57.9 Å². The Balaban J connectivity index is 2.34. The van der Waals surface area contributed by atoms with Crippen LogP contribution in [0.25, 0.3) is 0 Å². The first-order valence-electron chi connectivity index (χ1n) is 9.98. The third-order valence-corrected chi connectivity index (χ3v) is 4.80. The van der Waals surface area contributed by atoms with Crippen LogP contribution in [0.1, 0.15) is 84.0 Å². The summed E-state index contributed by atoms with van der Waals surface area (Å²) in [6.45, 7) is 4.32. The summed E-state index contributed by atoms with van der Waals surface area (Å²) in [5, 5.41) is 3.01. The molecule has 0 radical (unpaired) electrons. The maximum Gasteiger partial charge on any atom is 0.242 e. The number of hydrogen-bond donors (Lipinski definition) is 2. The second-order valence-corrected chi connectivity index (χ2v) is 6.90. The molecular formula is C19H37N3O2. The summed E-state index contributed by atoms with van der Waals surface area (Å²) in [4.78, 5) is 26.8. The van der Waals surface area contributed by atoms with Gasteiger partial charge in [0.05, 0.1) is 0 Å². The van der Waals surface area contributed by atoms with E-state index in [1.54, 1.807) is 0 Å². The van der Waals surface area contributed by atoms with Crippen LogP contribution < -0.4 is 11.1 Å². The number of rotatable bonds is 12. The highest BCUT2D eigenvalue weighted by Gasteiger charge is 2.31. The van der Waals surface area contributed by atoms with Crippen molar-refractivity contribution in [1.29, 1.82) is 0 Å². The zero-order valence-corrected chi connectivity index (χ0v) is 15.5. The Bertz CT molecular complexity index is 327. The SMILES string of the molecule is CCCCCCCC(=O)N1CCCCC1C(=O)NCCCCCN. The molecule has 0 saturated carbocycles. The molecule has 0 spiro atoms. The van der Waals surface area contributed by atoms with Crippen molar-refractivity contribution in [3.8, 4) is 0 Å². The molecule has 24 heavy (non-hydrogen) atoms. The van der Waals surface area contributed by atoms with Crippen molar-refractivity contribution in [1.82, 2.24) is 10.2 Å². The lowest BCUT2D eigenvalue weighted by atomic mass is 10.00. The summed E-state index contributed by atoms with van der Waals surface area (Å²) in [7, 11) is 0. The van der Waals surface area contributed by atoms with Gasteiger partial charge in [-0.15, -0.1) is 0 Å². The van der Waals surface area contributed by atoms with Crippen molar-refractivity contribution >= 4 is 11.8 Å². The molecule has 0 bridgehead atoms. The third-order valence-electron chi connectivity index (χ3n) is 4.80. The molecule has 1 aliphatic rings. The lowest BCUT2D eigenvalue weighted by molar-refractivity contribution is -0.142. The second kappa shape index (κ2) is 13.2. The highest BCUT2D eigenvalue weighted by Crippen LogP contribution is 2.19. The fourth-order valence-corrected chi connectivity index (χ4v) is 3.30. The summed E-state index contributed by atoms with van der Waals surface area (Å²) >= 11 is 0. The van der Waals surface area contributed by atoms with Gasteiger partial charge in [0.2, 0.25) is 11.8 Å². The number of amides is 2. The van der Waals surface area contributed by atoms with Crippen LogP contribution >= 0.6 is 0 Å². The molecule has 2 amide bonds. The van der Waals surface area contributed by atoms with Gasteiger partial charge in [0.1, 0.15) is 6.04 Å². The fraction of sp³-hybridized carbons (Fsp3) is 0.895. The van der Waals surface area contributed by atoms with Crippen LogP contribution in [0, 0.1) is 0 Å². The molecule has 1 aliphatic heterocycles. The summed E-state index contributed by atoms with van der Waals surface area (Å²) in [6.07, 6.45) is 12.2. The highest BCUT2D eigenvalue weighted by atomic mass is 16.2. The molecule has 1 fully saturated rings. The van der Waals surface area contributed by atoms with Crippen LogP contribution in [0.3, 0.4) is 0 Å². The van der Waals surface area contributed by atoms with Crippen molar-refractivity contribution < 1.29 is 9.59 Å². The van der Waals surface area contributed by atoms with E-state index in [1.165, 1.54) is 19.3 Å². The van der Waals surface area contributed by atoms with Crippen LogP contribution in [0.4, 0.5) is 0 Å². The molecule has 140 valence electrons. The van der Waals surface area contributed by atoms with Crippen molar-refractivity contribution in [2.45, 2.75) is 90.0 Å². The Kier molecular flexibility index (Phi) is 11.5. The standard InChI is InChI=1S/C19H37N3O2/c1-2-3-4-5-7-13-18(23)22-16-11-8-12-17(22)19(24)21-15-10-6-9-14-20/h17H,2-16,20H2,1H3,(H,21,24). The number of nitrogens with two attached hydrogens (primary N) is 1. The summed E-state index contributed by atoms with van der Waals surface area (Å²) in [5.41, 5.74) is 5.47. The van der Waals surface area contributed by atoms with Crippen LogP contribution in [0.5, 0.6) is 0 Å². The molecule has 0 aliphatic carbocycles. The van der Waals surface area contributed by atoms with Gasteiger partial charge in [-0.3, -0.25) is 9.59 Å². The third kappa shape index (κ3) is 8.13. The minimum absolute atomic E-state index is 0.0294. The van der Waals surface area contributed by atoms with Crippen molar-refractivity contribution in [3.05, 3.63) is 0 Å². The number of piperidine rings is 1. The molecule has 0 aromatic heterocycles. The van der Waals surface area contributed by atoms with Crippen LogP contribution in [-0.4, -0.2) is 42.4 Å². The molecule has 0 aromatic rings. The topological polar surface area (TPSA) is 75.4 Å². The van der Waals surface area contributed by atoms with Crippen molar-refractivity contribution in [2.75, 3.05) is 19.6 Å². The van der Waals surface area contributed by atoms with E-state index >= 15 is 0 Å². The highest BCUT2D eigenvalue weighted by molar-refractivity contribution is 5.87. The number of likely N-dealkylation sites (tertiary alicyclic amines) is 1. The molecule has 5 heteroatoms. The van der Waals surface area contributed by atoms with Crippen LogP contribution in [-0.2, 0) is 9.59 Å². The molecule has 1 saturated heterocycles. The molecule has 3 N–H and O–H groups in total. The number of nitrogens with one attached hydrogen (secondary N) is 1. The lowest BCUT2D eigenvalue weighted by Gasteiger charge is -2.35. The zero-order chi connectivity index (χ0) is 17.6. The molecule has 0 aromatic carbocycles. The maximum absolute atomic E-state index is 12.5. The lowest BCUT2D eigenvalue weighted by Crippen LogP contribution is -2.52. The van der Waals surface area contributed by atoms with E-state index in [-0.39, 0.29) is 17.9 Å². The predicted molar refractivity (Wildman–Crippen MR) is 98.6 cm³/mol. The Labute approximate surface area is 147 Å². The fourth-order valence-electron chi connectivity index (χ4n) is 3.30. The average Bonchev–Trinajstić information content (AvgIpc) is 2.61. The molecule has 1 heterocycles. The van der Waals surface area contributed by atoms with Gasteiger partial charge in [-0.1, -0.05) is 39.0 Å². The number of carbonyl (C=O) groups excluding carboxylic acids is 2. The summed E-state index contributed by atoms with van der Waals surface area (Å²) in [5.74, 6) is 0.191. The normalized spacial score (nSPS) is 17.8. The first-order valence-corrected chi connectivity index (χ1v) is 9.98. The Morgan fingerprint density at radius 3 is 2.54 bits per heavy atom. The monoisotopic (exact) mass is 339 g/mol. The van der Waals surface area contributed by atoms with Gasteiger partial charge in [-0.2, -0.15) is 0 Å². The number of hydrogen-bond acceptors (Lipinski definition) is 3. The van der Waals surface area contributed by atoms with E-state index in [4.69, 9.17) is 5.73 Å². The van der Waals surface area contributed by atoms with Crippen LogP contribution in [0.2, 0.25) is 0 Å². The molecule has 1 atom stereocenters. The van der Waals surface area contributed by atoms with E-state index in [0.29, 0.717) is 19.5 Å². The van der Waals surface area contributed by atoms with Gasteiger partial charge in [-0.05, 0) is 45.1 Å². The number of nitrogens with zero attached hydrogens (tertiary/aromatic N) is 1. The van der Waals surface area contributed by atoms with Gasteiger partial charge in [0.25, 0.3) is 0 Å². The largest absolute Gasteiger partial charge is 0.354 e. The summed E-state index contributed by atoms with van der Waals surface area (Å²) < 4.78 is 0. The molecule has 5 nitrogen and oxygen atoms in total.